The summed E-state index contributed by atoms with van der Waals surface area (Å²) in [5, 5.41) is 11.4. The van der Waals surface area contributed by atoms with Crippen LogP contribution in [0.4, 0.5) is 5.69 Å². The lowest BCUT2D eigenvalue weighted by atomic mass is 10.1. The summed E-state index contributed by atoms with van der Waals surface area (Å²) < 4.78 is 5.64. The van der Waals surface area contributed by atoms with Crippen molar-refractivity contribution in [3.05, 3.63) is 38.9 Å². The van der Waals surface area contributed by atoms with E-state index in [9.17, 15) is 10.1 Å². The van der Waals surface area contributed by atoms with Crippen LogP contribution in [0.5, 0.6) is 0 Å². The van der Waals surface area contributed by atoms with E-state index in [0.29, 0.717) is 18.2 Å². The number of hydrogen-bond acceptors (Lipinski definition) is 4. The Bertz CT molecular complexity index is 491. The molecule has 1 aromatic carbocycles. The number of nitro groups is 1. The van der Waals surface area contributed by atoms with Crippen LogP contribution >= 0.6 is 11.6 Å². The van der Waals surface area contributed by atoms with Crippen LogP contribution in [-0.4, -0.2) is 35.1 Å². The van der Waals surface area contributed by atoms with Crippen molar-refractivity contribution in [2.75, 3.05) is 19.7 Å². The van der Waals surface area contributed by atoms with Gasteiger partial charge in [0.25, 0.3) is 5.69 Å². The predicted molar refractivity (Wildman–Crippen MR) is 73.4 cm³/mol. The first kappa shape index (κ1) is 14.2. The maximum atomic E-state index is 10.8. The number of rotatable bonds is 3. The van der Waals surface area contributed by atoms with E-state index in [-0.39, 0.29) is 11.3 Å². The van der Waals surface area contributed by atoms with Crippen LogP contribution in [0.15, 0.2) is 18.2 Å². The van der Waals surface area contributed by atoms with Crippen molar-refractivity contribution in [1.82, 2.24) is 4.90 Å². The minimum Gasteiger partial charge on any atom is -0.373 e. The first-order valence-corrected chi connectivity index (χ1v) is 6.54. The average Bonchev–Trinajstić information content (AvgIpc) is 2.30. The lowest BCUT2D eigenvalue weighted by molar-refractivity contribution is -0.384. The number of nitro benzene ring substituents is 1. The van der Waals surface area contributed by atoms with Gasteiger partial charge in [-0.05, 0) is 25.5 Å². The third kappa shape index (κ3) is 3.65. The Balaban J connectivity index is 2.14. The van der Waals surface area contributed by atoms with Crippen LogP contribution in [0.2, 0.25) is 5.02 Å². The standard InChI is InChI=1S/C13H17ClN2O3/c1-13(2)9-15(5-6-19-13)8-10-7-11(16(17)18)3-4-12(10)14/h3-4,7H,5-6,8-9H2,1-2H3. The summed E-state index contributed by atoms with van der Waals surface area (Å²) in [5.74, 6) is 0. The van der Waals surface area contributed by atoms with E-state index in [1.54, 1.807) is 12.1 Å². The zero-order chi connectivity index (χ0) is 14.0. The van der Waals surface area contributed by atoms with Crippen LogP contribution in [0.25, 0.3) is 0 Å². The number of non-ortho nitro benzene ring substituents is 1. The van der Waals surface area contributed by atoms with E-state index in [1.807, 2.05) is 13.8 Å². The first-order chi connectivity index (χ1) is 8.87. The van der Waals surface area contributed by atoms with Gasteiger partial charge in [-0.15, -0.1) is 0 Å². The maximum absolute atomic E-state index is 10.8. The molecule has 0 N–H and O–H groups in total. The van der Waals surface area contributed by atoms with E-state index in [4.69, 9.17) is 16.3 Å². The molecule has 1 aliphatic rings. The SMILES string of the molecule is CC1(C)CN(Cc2cc([N+](=O)[O-])ccc2Cl)CCO1. The van der Waals surface area contributed by atoms with Crippen molar-refractivity contribution >= 4 is 17.3 Å². The van der Waals surface area contributed by atoms with Crippen molar-refractivity contribution in [1.29, 1.82) is 0 Å². The summed E-state index contributed by atoms with van der Waals surface area (Å²) in [5.41, 5.74) is 0.673. The van der Waals surface area contributed by atoms with Gasteiger partial charge in [0, 0.05) is 36.8 Å². The van der Waals surface area contributed by atoms with E-state index >= 15 is 0 Å². The van der Waals surface area contributed by atoms with E-state index in [2.05, 4.69) is 4.90 Å². The fourth-order valence-electron chi connectivity index (χ4n) is 2.29. The van der Waals surface area contributed by atoms with E-state index < -0.39 is 4.92 Å². The van der Waals surface area contributed by atoms with Gasteiger partial charge in [0.05, 0.1) is 17.1 Å². The number of hydrogen-bond donors (Lipinski definition) is 0. The third-order valence-corrected chi connectivity index (χ3v) is 3.51. The molecule has 0 saturated carbocycles. The van der Waals surface area contributed by atoms with Gasteiger partial charge in [-0.2, -0.15) is 0 Å². The quantitative estimate of drug-likeness (QED) is 0.633. The Kier molecular flexibility index (Phi) is 4.08. The summed E-state index contributed by atoms with van der Waals surface area (Å²) in [6, 6.07) is 4.56. The molecule has 0 radical (unpaired) electrons. The molecule has 0 unspecified atom stereocenters. The molecule has 0 aromatic heterocycles. The van der Waals surface area contributed by atoms with Crippen molar-refractivity contribution in [3.8, 4) is 0 Å². The van der Waals surface area contributed by atoms with Crippen LogP contribution in [0, 0.1) is 10.1 Å². The Morgan fingerprint density at radius 1 is 1.53 bits per heavy atom. The van der Waals surface area contributed by atoms with Gasteiger partial charge in [0.15, 0.2) is 0 Å². The molecular weight excluding hydrogens is 268 g/mol. The number of halogens is 1. The van der Waals surface area contributed by atoms with Crippen LogP contribution in [0.1, 0.15) is 19.4 Å². The molecule has 2 rings (SSSR count). The second kappa shape index (κ2) is 5.45. The van der Waals surface area contributed by atoms with Crippen LogP contribution in [-0.2, 0) is 11.3 Å². The minimum atomic E-state index is -0.400. The minimum absolute atomic E-state index is 0.0759. The second-order valence-electron chi connectivity index (χ2n) is 5.35. The highest BCUT2D eigenvalue weighted by Crippen LogP contribution is 2.25. The first-order valence-electron chi connectivity index (χ1n) is 6.16. The Morgan fingerprint density at radius 2 is 2.26 bits per heavy atom. The summed E-state index contributed by atoms with van der Waals surface area (Å²) in [6.45, 7) is 6.93. The van der Waals surface area contributed by atoms with Crippen molar-refractivity contribution in [2.45, 2.75) is 26.0 Å². The largest absolute Gasteiger partial charge is 0.373 e. The second-order valence-corrected chi connectivity index (χ2v) is 5.76. The molecule has 1 aromatic rings. The Morgan fingerprint density at radius 3 is 2.89 bits per heavy atom. The monoisotopic (exact) mass is 284 g/mol. The van der Waals surface area contributed by atoms with Gasteiger partial charge in [-0.3, -0.25) is 15.0 Å². The predicted octanol–water partition coefficient (Wildman–Crippen LogP) is 2.86. The van der Waals surface area contributed by atoms with E-state index in [0.717, 1.165) is 18.7 Å². The Hall–Kier alpha value is -1.17. The number of benzene rings is 1. The number of nitrogens with zero attached hydrogens (tertiary/aromatic N) is 2. The smallest absolute Gasteiger partial charge is 0.269 e. The maximum Gasteiger partial charge on any atom is 0.269 e. The summed E-state index contributed by atoms with van der Waals surface area (Å²) >= 11 is 6.11. The van der Waals surface area contributed by atoms with Gasteiger partial charge in [-0.25, -0.2) is 0 Å². The molecule has 1 saturated heterocycles. The lowest BCUT2D eigenvalue weighted by Crippen LogP contribution is -2.47. The van der Waals surface area contributed by atoms with Gasteiger partial charge >= 0.3 is 0 Å². The Labute approximate surface area is 117 Å². The number of ether oxygens (including phenoxy) is 1. The third-order valence-electron chi connectivity index (χ3n) is 3.14. The lowest BCUT2D eigenvalue weighted by Gasteiger charge is -2.38. The van der Waals surface area contributed by atoms with Crippen LogP contribution < -0.4 is 0 Å². The highest BCUT2D eigenvalue weighted by atomic mass is 35.5. The van der Waals surface area contributed by atoms with Crippen molar-refractivity contribution < 1.29 is 9.66 Å². The fraction of sp³-hybridized carbons (Fsp3) is 0.538. The molecule has 1 heterocycles. The van der Waals surface area contributed by atoms with E-state index in [1.165, 1.54) is 6.07 Å². The van der Waals surface area contributed by atoms with Gasteiger partial charge in [-0.1, -0.05) is 11.6 Å². The molecule has 0 atom stereocenters. The molecule has 0 spiro atoms. The zero-order valence-corrected chi connectivity index (χ0v) is 11.8. The highest BCUT2D eigenvalue weighted by Gasteiger charge is 2.27. The fourth-order valence-corrected chi connectivity index (χ4v) is 2.46. The molecule has 0 aliphatic carbocycles. The number of morpholine rings is 1. The van der Waals surface area contributed by atoms with Gasteiger partial charge in [0.2, 0.25) is 0 Å². The van der Waals surface area contributed by atoms with Gasteiger partial charge in [0.1, 0.15) is 0 Å². The highest BCUT2D eigenvalue weighted by molar-refractivity contribution is 6.31. The van der Waals surface area contributed by atoms with Crippen molar-refractivity contribution in [2.24, 2.45) is 0 Å². The normalized spacial score (nSPS) is 19.3. The summed E-state index contributed by atoms with van der Waals surface area (Å²) in [7, 11) is 0. The molecule has 0 bridgehead atoms. The summed E-state index contributed by atoms with van der Waals surface area (Å²) in [4.78, 5) is 12.6. The molecule has 6 heteroatoms. The molecule has 1 aliphatic heterocycles. The van der Waals surface area contributed by atoms with Crippen LogP contribution in [0.3, 0.4) is 0 Å². The summed E-state index contributed by atoms with van der Waals surface area (Å²) in [6.07, 6.45) is 0. The molecule has 104 valence electrons. The molecule has 1 fully saturated rings. The molecule has 5 nitrogen and oxygen atoms in total. The zero-order valence-electron chi connectivity index (χ0n) is 11.1. The van der Waals surface area contributed by atoms with Crippen molar-refractivity contribution in [3.63, 3.8) is 0 Å². The topological polar surface area (TPSA) is 55.6 Å². The molecule has 0 amide bonds. The van der Waals surface area contributed by atoms with Gasteiger partial charge < -0.3 is 4.74 Å². The average molecular weight is 285 g/mol. The molecule has 19 heavy (non-hydrogen) atoms. The molecular formula is C13H17ClN2O3.